The van der Waals surface area contributed by atoms with Crippen molar-refractivity contribution in [3.8, 4) is 0 Å². The first kappa shape index (κ1) is 14.5. The molecule has 0 aliphatic heterocycles. The molecule has 0 amide bonds. The maximum atomic E-state index is 4.68. The van der Waals surface area contributed by atoms with E-state index in [1.165, 1.54) is 10.9 Å². The van der Waals surface area contributed by atoms with E-state index >= 15 is 0 Å². The van der Waals surface area contributed by atoms with Gasteiger partial charge in [-0.15, -0.1) is 5.10 Å². The molecule has 5 nitrogen and oxygen atoms in total. The Hall–Kier alpha value is -3.08. The summed E-state index contributed by atoms with van der Waals surface area (Å²) in [5, 5.41) is 5.70. The summed E-state index contributed by atoms with van der Waals surface area (Å²) in [4.78, 5) is 13.6. The van der Waals surface area contributed by atoms with E-state index in [1.807, 2.05) is 48.7 Å². The molecule has 0 N–H and O–H groups in total. The highest BCUT2D eigenvalue weighted by atomic mass is 15.3. The zero-order chi connectivity index (χ0) is 16.7. The molecule has 5 heteroatoms. The molecular formula is C19H17N5. The second-order valence-corrected chi connectivity index (χ2v) is 5.90. The lowest BCUT2D eigenvalue weighted by Crippen LogP contribution is -1.97. The Morgan fingerprint density at radius 1 is 1.00 bits per heavy atom. The van der Waals surface area contributed by atoms with Crippen LogP contribution in [0.15, 0.2) is 36.5 Å². The molecule has 4 rings (SSSR count). The highest BCUT2D eigenvalue weighted by Crippen LogP contribution is 2.18. The van der Waals surface area contributed by atoms with Gasteiger partial charge >= 0.3 is 0 Å². The fourth-order valence-corrected chi connectivity index (χ4v) is 2.80. The zero-order valence-corrected chi connectivity index (χ0v) is 13.9. The Kier molecular flexibility index (Phi) is 3.34. The van der Waals surface area contributed by atoms with E-state index in [0.717, 1.165) is 28.2 Å². The van der Waals surface area contributed by atoms with Gasteiger partial charge in [0.05, 0.1) is 22.6 Å². The van der Waals surface area contributed by atoms with Crippen LogP contribution < -0.4 is 0 Å². The molecular weight excluding hydrogens is 298 g/mol. The molecule has 0 fully saturated rings. The number of hydrogen-bond acceptors (Lipinski definition) is 4. The van der Waals surface area contributed by atoms with Gasteiger partial charge in [0.1, 0.15) is 0 Å². The number of nitrogens with zero attached hydrogens (tertiary/aromatic N) is 5. The minimum atomic E-state index is 0.654. The third-order valence-corrected chi connectivity index (χ3v) is 4.07. The molecule has 3 heterocycles. The molecule has 0 unspecified atom stereocenters. The van der Waals surface area contributed by atoms with Crippen LogP contribution in [-0.2, 0) is 0 Å². The normalized spacial score (nSPS) is 11.8. The summed E-state index contributed by atoms with van der Waals surface area (Å²) in [5.74, 6) is 0.654. The van der Waals surface area contributed by atoms with Gasteiger partial charge in [-0.3, -0.25) is 4.98 Å². The van der Waals surface area contributed by atoms with Crippen molar-refractivity contribution in [3.63, 3.8) is 0 Å². The van der Waals surface area contributed by atoms with E-state index in [0.29, 0.717) is 5.82 Å². The number of fused-ring (bicyclic) bond motifs is 2. The zero-order valence-electron chi connectivity index (χ0n) is 13.9. The Labute approximate surface area is 139 Å². The Morgan fingerprint density at radius 3 is 2.67 bits per heavy atom. The maximum Gasteiger partial charge on any atom is 0.177 e. The van der Waals surface area contributed by atoms with Crippen molar-refractivity contribution in [2.75, 3.05) is 0 Å². The van der Waals surface area contributed by atoms with E-state index in [-0.39, 0.29) is 0 Å². The minimum Gasteiger partial charge on any atom is -0.256 e. The lowest BCUT2D eigenvalue weighted by atomic mass is 10.1. The predicted octanol–water partition coefficient (Wildman–Crippen LogP) is 3.77. The molecule has 0 aliphatic rings. The van der Waals surface area contributed by atoms with Crippen LogP contribution in [0, 0.1) is 20.8 Å². The van der Waals surface area contributed by atoms with Gasteiger partial charge in [0, 0.05) is 11.6 Å². The molecule has 118 valence electrons. The third kappa shape index (κ3) is 2.44. The van der Waals surface area contributed by atoms with Gasteiger partial charge in [-0.25, -0.2) is 14.5 Å². The fraction of sp³-hybridized carbons (Fsp3) is 0.158. The average Bonchev–Trinajstić information content (AvgIpc) is 3.02. The Balaban J connectivity index is 1.75. The summed E-state index contributed by atoms with van der Waals surface area (Å²) < 4.78 is 1.82. The summed E-state index contributed by atoms with van der Waals surface area (Å²) in [7, 11) is 0. The van der Waals surface area contributed by atoms with E-state index in [2.05, 4.69) is 39.1 Å². The van der Waals surface area contributed by atoms with Crippen LogP contribution in [-0.4, -0.2) is 24.6 Å². The van der Waals surface area contributed by atoms with Crippen LogP contribution in [0.1, 0.15) is 28.5 Å². The standard InChI is InChI=1S/C19H17N5/c1-12-10-15(21-17-7-5-4-6-16(12)17)8-9-18-22-19-14(3)20-11-13(2)24(19)23-18/h4-11H,1-3H3. The maximum absolute atomic E-state index is 4.68. The van der Waals surface area contributed by atoms with Crippen LogP contribution >= 0.6 is 0 Å². The number of benzene rings is 1. The van der Waals surface area contributed by atoms with Gasteiger partial charge in [0.25, 0.3) is 0 Å². The van der Waals surface area contributed by atoms with Crippen LogP contribution in [0.4, 0.5) is 0 Å². The Morgan fingerprint density at radius 2 is 1.83 bits per heavy atom. The van der Waals surface area contributed by atoms with Crippen molar-refractivity contribution in [3.05, 3.63) is 65.0 Å². The molecule has 24 heavy (non-hydrogen) atoms. The van der Waals surface area contributed by atoms with E-state index in [9.17, 15) is 0 Å². The molecule has 0 saturated heterocycles. The molecule has 0 radical (unpaired) electrons. The van der Waals surface area contributed by atoms with Crippen molar-refractivity contribution in [2.24, 2.45) is 0 Å². The number of rotatable bonds is 2. The number of hydrogen-bond donors (Lipinski definition) is 0. The first-order chi connectivity index (χ1) is 11.6. The summed E-state index contributed by atoms with van der Waals surface area (Å²) >= 11 is 0. The third-order valence-electron chi connectivity index (χ3n) is 4.07. The van der Waals surface area contributed by atoms with Gasteiger partial charge < -0.3 is 0 Å². The van der Waals surface area contributed by atoms with Crippen LogP contribution in [0.25, 0.3) is 28.7 Å². The highest BCUT2D eigenvalue weighted by molar-refractivity contribution is 5.83. The van der Waals surface area contributed by atoms with Gasteiger partial charge in [-0.05, 0) is 50.6 Å². The molecule has 0 saturated carbocycles. The summed E-state index contributed by atoms with van der Waals surface area (Å²) in [6.07, 6.45) is 5.65. The average molecular weight is 315 g/mol. The van der Waals surface area contributed by atoms with E-state index in [4.69, 9.17) is 0 Å². The van der Waals surface area contributed by atoms with Crippen molar-refractivity contribution in [2.45, 2.75) is 20.8 Å². The molecule has 4 aromatic rings. The van der Waals surface area contributed by atoms with Crippen LogP contribution in [0.3, 0.4) is 0 Å². The fourth-order valence-electron chi connectivity index (χ4n) is 2.80. The molecule has 0 aliphatic carbocycles. The van der Waals surface area contributed by atoms with Gasteiger partial charge in [-0.1, -0.05) is 18.2 Å². The second-order valence-electron chi connectivity index (χ2n) is 5.90. The second kappa shape index (κ2) is 5.53. The van der Waals surface area contributed by atoms with Gasteiger partial charge in [0.2, 0.25) is 0 Å². The van der Waals surface area contributed by atoms with Gasteiger partial charge in [0.15, 0.2) is 11.5 Å². The Bertz CT molecular complexity index is 1050. The van der Waals surface area contributed by atoms with Crippen molar-refractivity contribution in [1.29, 1.82) is 0 Å². The largest absolute Gasteiger partial charge is 0.256 e. The lowest BCUT2D eigenvalue weighted by molar-refractivity contribution is 0.884. The SMILES string of the molecule is Cc1cc(C=Cc2nc3c(C)ncc(C)n3n2)nc2ccccc12. The van der Waals surface area contributed by atoms with E-state index in [1.54, 1.807) is 6.20 Å². The predicted molar refractivity (Wildman–Crippen MR) is 95.7 cm³/mol. The topological polar surface area (TPSA) is 56.0 Å². The number of para-hydroxylation sites is 1. The highest BCUT2D eigenvalue weighted by Gasteiger charge is 2.07. The van der Waals surface area contributed by atoms with Gasteiger partial charge in [-0.2, -0.15) is 0 Å². The molecule has 0 spiro atoms. The van der Waals surface area contributed by atoms with Crippen molar-refractivity contribution < 1.29 is 0 Å². The summed E-state index contributed by atoms with van der Waals surface area (Å²) in [6.45, 7) is 6.00. The molecule has 0 bridgehead atoms. The summed E-state index contributed by atoms with van der Waals surface area (Å²) in [5.41, 5.74) is 5.72. The van der Waals surface area contributed by atoms with Crippen molar-refractivity contribution >= 4 is 28.7 Å². The first-order valence-corrected chi connectivity index (χ1v) is 7.85. The van der Waals surface area contributed by atoms with E-state index < -0.39 is 0 Å². The summed E-state index contributed by atoms with van der Waals surface area (Å²) in [6, 6.07) is 10.2. The van der Waals surface area contributed by atoms with Crippen molar-refractivity contribution in [1.82, 2.24) is 24.6 Å². The number of pyridine rings is 1. The van der Waals surface area contributed by atoms with Crippen LogP contribution in [0.5, 0.6) is 0 Å². The smallest absolute Gasteiger partial charge is 0.177 e. The monoisotopic (exact) mass is 315 g/mol. The number of aryl methyl sites for hydroxylation is 3. The minimum absolute atomic E-state index is 0.654. The quantitative estimate of drug-likeness (QED) is 0.565. The van der Waals surface area contributed by atoms with Crippen LogP contribution in [0.2, 0.25) is 0 Å². The number of aromatic nitrogens is 5. The molecule has 0 atom stereocenters. The molecule has 1 aromatic carbocycles. The lowest BCUT2D eigenvalue weighted by Gasteiger charge is -2.02. The first-order valence-electron chi connectivity index (χ1n) is 7.85. The molecule has 3 aromatic heterocycles.